The highest BCUT2D eigenvalue weighted by Gasteiger charge is 2.16. The highest BCUT2D eigenvalue weighted by Crippen LogP contribution is 2.16. The fourth-order valence-electron chi connectivity index (χ4n) is 1.57. The van der Waals surface area contributed by atoms with Crippen molar-refractivity contribution in [3.05, 3.63) is 34.3 Å². The zero-order valence-corrected chi connectivity index (χ0v) is 11.2. The topological polar surface area (TPSA) is 21.3 Å². The Labute approximate surface area is 103 Å². The first kappa shape index (κ1) is 13.5. The van der Waals surface area contributed by atoms with Crippen molar-refractivity contribution >= 4 is 11.6 Å². The monoisotopic (exact) mass is 241 g/mol. The van der Waals surface area contributed by atoms with Crippen molar-refractivity contribution < 1.29 is 4.74 Å². The van der Waals surface area contributed by atoms with Gasteiger partial charge in [0.25, 0.3) is 0 Å². The minimum absolute atomic E-state index is 0.0116. The number of ether oxygens (including phenoxy) is 1. The summed E-state index contributed by atoms with van der Waals surface area (Å²) in [6.07, 6.45) is 0. The standard InChI is InChI=1S/C13H20ClNO/c1-10-7-11(5-6-12(10)14)8-15-13(2,3)9-16-4/h5-7,15H,8-9H2,1-4H3. The van der Waals surface area contributed by atoms with Gasteiger partial charge >= 0.3 is 0 Å². The molecular formula is C13H20ClNO. The summed E-state index contributed by atoms with van der Waals surface area (Å²) in [4.78, 5) is 0. The Morgan fingerprint density at radius 2 is 2.06 bits per heavy atom. The van der Waals surface area contributed by atoms with Gasteiger partial charge < -0.3 is 10.1 Å². The number of rotatable bonds is 5. The second-order valence-electron chi connectivity index (χ2n) is 4.75. The predicted molar refractivity (Wildman–Crippen MR) is 69.0 cm³/mol. The Balaban J connectivity index is 2.57. The minimum atomic E-state index is -0.0116. The first-order chi connectivity index (χ1) is 7.44. The smallest absolute Gasteiger partial charge is 0.0639 e. The first-order valence-electron chi connectivity index (χ1n) is 5.43. The third kappa shape index (κ3) is 4.12. The maximum Gasteiger partial charge on any atom is 0.0639 e. The van der Waals surface area contributed by atoms with Gasteiger partial charge in [0.2, 0.25) is 0 Å². The number of nitrogens with one attached hydrogen (secondary N) is 1. The van der Waals surface area contributed by atoms with Crippen molar-refractivity contribution in [2.75, 3.05) is 13.7 Å². The van der Waals surface area contributed by atoms with Crippen LogP contribution in [0.5, 0.6) is 0 Å². The van der Waals surface area contributed by atoms with E-state index < -0.39 is 0 Å². The van der Waals surface area contributed by atoms with Gasteiger partial charge in [0, 0.05) is 24.2 Å². The Morgan fingerprint density at radius 3 is 2.62 bits per heavy atom. The summed E-state index contributed by atoms with van der Waals surface area (Å²) in [6.45, 7) is 7.79. The molecule has 1 aromatic rings. The molecule has 0 aliphatic heterocycles. The molecule has 0 heterocycles. The lowest BCUT2D eigenvalue weighted by molar-refractivity contribution is 0.128. The van der Waals surface area contributed by atoms with Crippen LogP contribution >= 0.6 is 11.6 Å². The fraction of sp³-hybridized carbons (Fsp3) is 0.538. The molecule has 0 aliphatic carbocycles. The lowest BCUT2D eigenvalue weighted by Crippen LogP contribution is -2.42. The quantitative estimate of drug-likeness (QED) is 0.855. The van der Waals surface area contributed by atoms with Crippen LogP contribution in [-0.2, 0) is 11.3 Å². The van der Waals surface area contributed by atoms with E-state index in [0.29, 0.717) is 6.61 Å². The molecule has 3 heteroatoms. The Hall–Kier alpha value is -0.570. The van der Waals surface area contributed by atoms with Gasteiger partial charge in [0.15, 0.2) is 0 Å². The van der Waals surface area contributed by atoms with Gasteiger partial charge in [-0.15, -0.1) is 0 Å². The van der Waals surface area contributed by atoms with E-state index in [4.69, 9.17) is 16.3 Å². The lowest BCUT2D eigenvalue weighted by atomic mass is 10.1. The molecule has 0 saturated heterocycles. The van der Waals surface area contributed by atoms with Gasteiger partial charge in [-0.1, -0.05) is 23.7 Å². The Bertz CT molecular complexity index is 350. The molecule has 0 unspecified atom stereocenters. The van der Waals surface area contributed by atoms with Gasteiger partial charge in [-0.25, -0.2) is 0 Å². The maximum absolute atomic E-state index is 5.98. The number of hydrogen-bond acceptors (Lipinski definition) is 2. The van der Waals surface area contributed by atoms with E-state index in [1.807, 2.05) is 19.1 Å². The molecule has 90 valence electrons. The Kier molecular flexibility index (Phi) is 4.78. The number of halogens is 1. The van der Waals surface area contributed by atoms with E-state index in [2.05, 4.69) is 25.2 Å². The average molecular weight is 242 g/mol. The van der Waals surface area contributed by atoms with Gasteiger partial charge in [-0.3, -0.25) is 0 Å². The van der Waals surface area contributed by atoms with Crippen molar-refractivity contribution in [2.24, 2.45) is 0 Å². The Morgan fingerprint density at radius 1 is 1.38 bits per heavy atom. The SMILES string of the molecule is COCC(C)(C)NCc1ccc(Cl)c(C)c1. The lowest BCUT2D eigenvalue weighted by Gasteiger charge is -2.25. The second-order valence-corrected chi connectivity index (χ2v) is 5.16. The molecule has 1 N–H and O–H groups in total. The summed E-state index contributed by atoms with van der Waals surface area (Å²) < 4.78 is 5.15. The van der Waals surface area contributed by atoms with E-state index in [0.717, 1.165) is 17.1 Å². The first-order valence-corrected chi connectivity index (χ1v) is 5.81. The summed E-state index contributed by atoms with van der Waals surface area (Å²) in [7, 11) is 1.72. The molecule has 0 spiro atoms. The predicted octanol–water partition coefficient (Wildman–Crippen LogP) is 3.16. The molecule has 0 amide bonds. The average Bonchev–Trinajstić information content (AvgIpc) is 2.20. The zero-order valence-electron chi connectivity index (χ0n) is 10.4. The molecule has 0 aromatic heterocycles. The van der Waals surface area contributed by atoms with Crippen LogP contribution in [0.15, 0.2) is 18.2 Å². The van der Waals surface area contributed by atoms with Gasteiger partial charge in [0.1, 0.15) is 0 Å². The zero-order chi connectivity index (χ0) is 12.2. The summed E-state index contributed by atoms with van der Waals surface area (Å²) in [5.74, 6) is 0. The molecule has 16 heavy (non-hydrogen) atoms. The van der Waals surface area contributed by atoms with E-state index >= 15 is 0 Å². The molecular weight excluding hydrogens is 222 g/mol. The highest BCUT2D eigenvalue weighted by molar-refractivity contribution is 6.31. The van der Waals surface area contributed by atoms with Crippen molar-refractivity contribution in [2.45, 2.75) is 32.9 Å². The molecule has 0 fully saturated rings. The summed E-state index contributed by atoms with van der Waals surface area (Å²) >= 11 is 5.98. The van der Waals surface area contributed by atoms with Crippen LogP contribution in [0.2, 0.25) is 5.02 Å². The van der Waals surface area contributed by atoms with Crippen molar-refractivity contribution in [1.29, 1.82) is 0 Å². The third-order valence-electron chi connectivity index (χ3n) is 2.50. The van der Waals surface area contributed by atoms with Crippen LogP contribution in [0.25, 0.3) is 0 Å². The van der Waals surface area contributed by atoms with Gasteiger partial charge in [0.05, 0.1) is 6.61 Å². The number of aryl methyl sites for hydroxylation is 1. The van der Waals surface area contributed by atoms with Crippen LogP contribution < -0.4 is 5.32 Å². The number of hydrogen-bond donors (Lipinski definition) is 1. The van der Waals surface area contributed by atoms with Crippen molar-refractivity contribution in [1.82, 2.24) is 5.32 Å². The van der Waals surface area contributed by atoms with Crippen LogP contribution in [0, 0.1) is 6.92 Å². The number of benzene rings is 1. The minimum Gasteiger partial charge on any atom is -0.383 e. The summed E-state index contributed by atoms with van der Waals surface area (Å²) in [5, 5.41) is 4.27. The fourth-order valence-corrected chi connectivity index (χ4v) is 1.69. The van der Waals surface area contributed by atoms with Crippen LogP contribution in [-0.4, -0.2) is 19.3 Å². The third-order valence-corrected chi connectivity index (χ3v) is 2.92. The van der Waals surface area contributed by atoms with Gasteiger partial charge in [-0.2, -0.15) is 0 Å². The van der Waals surface area contributed by atoms with E-state index in [1.165, 1.54) is 5.56 Å². The van der Waals surface area contributed by atoms with Crippen LogP contribution in [0.3, 0.4) is 0 Å². The van der Waals surface area contributed by atoms with E-state index in [9.17, 15) is 0 Å². The highest BCUT2D eigenvalue weighted by atomic mass is 35.5. The largest absolute Gasteiger partial charge is 0.383 e. The van der Waals surface area contributed by atoms with Crippen LogP contribution in [0.4, 0.5) is 0 Å². The normalized spacial score (nSPS) is 11.8. The van der Waals surface area contributed by atoms with Crippen molar-refractivity contribution in [3.8, 4) is 0 Å². The summed E-state index contributed by atoms with van der Waals surface area (Å²) in [5.41, 5.74) is 2.35. The molecule has 0 atom stereocenters. The molecule has 0 aliphatic rings. The molecule has 1 aromatic carbocycles. The maximum atomic E-state index is 5.98. The molecule has 0 radical (unpaired) electrons. The summed E-state index contributed by atoms with van der Waals surface area (Å²) in [6, 6.07) is 6.10. The molecule has 0 saturated carbocycles. The van der Waals surface area contributed by atoms with E-state index in [1.54, 1.807) is 7.11 Å². The molecule has 0 bridgehead atoms. The van der Waals surface area contributed by atoms with Gasteiger partial charge in [-0.05, 0) is 38.0 Å². The molecule has 1 rings (SSSR count). The second kappa shape index (κ2) is 5.67. The molecule has 2 nitrogen and oxygen atoms in total. The van der Waals surface area contributed by atoms with Crippen LogP contribution in [0.1, 0.15) is 25.0 Å². The van der Waals surface area contributed by atoms with Crippen molar-refractivity contribution in [3.63, 3.8) is 0 Å². The van der Waals surface area contributed by atoms with E-state index in [-0.39, 0.29) is 5.54 Å². The number of methoxy groups -OCH3 is 1.